The summed E-state index contributed by atoms with van der Waals surface area (Å²) in [4.78, 5) is 29.3. The fourth-order valence-corrected chi connectivity index (χ4v) is 4.71. The Morgan fingerprint density at radius 2 is 1.61 bits per heavy atom. The molecule has 1 saturated heterocycles. The number of carbonyl (C=O) groups is 2. The van der Waals surface area contributed by atoms with Gasteiger partial charge in [-0.1, -0.05) is 83.2 Å². The minimum absolute atomic E-state index is 0.202. The Morgan fingerprint density at radius 3 is 2.06 bits per heavy atom. The smallest absolute Gasteiger partial charge is 0.322 e. The normalized spacial score (nSPS) is 19.4. The van der Waals surface area contributed by atoms with Crippen LogP contribution in [0.2, 0.25) is 0 Å². The lowest BCUT2D eigenvalue weighted by molar-refractivity contribution is -0.178. The van der Waals surface area contributed by atoms with Crippen molar-refractivity contribution in [2.24, 2.45) is 5.41 Å². The molecule has 1 amide bonds. The van der Waals surface area contributed by atoms with Crippen LogP contribution in [0, 0.1) is 5.41 Å². The Labute approximate surface area is 193 Å². The summed E-state index contributed by atoms with van der Waals surface area (Å²) in [5, 5.41) is 0. The largest absolute Gasteiger partial charge is 0.459 e. The monoisotopic (exact) mass is 483 g/mol. The van der Waals surface area contributed by atoms with Crippen molar-refractivity contribution in [2.45, 2.75) is 51.7 Å². The summed E-state index contributed by atoms with van der Waals surface area (Å²) >= 11 is 3.39. The lowest BCUT2D eigenvalue weighted by Crippen LogP contribution is -2.55. The molecule has 3 rings (SSSR count). The summed E-state index contributed by atoms with van der Waals surface area (Å²) < 4.78 is 6.36. The van der Waals surface area contributed by atoms with E-state index in [0.717, 1.165) is 11.1 Å². The molecule has 164 valence electrons. The number of benzene rings is 2. The Morgan fingerprint density at radius 1 is 1.10 bits per heavy atom. The molecule has 1 unspecified atom stereocenters. The summed E-state index contributed by atoms with van der Waals surface area (Å²) in [6.07, 6.45) is 1.37. The SMILES string of the molecule is C=C(Br)CC1(C(=O)OC(C)(C)C)CCCN(C(c2ccccc2)c2ccccc2)C1=O. The van der Waals surface area contributed by atoms with Crippen molar-refractivity contribution in [3.8, 4) is 0 Å². The molecule has 5 heteroatoms. The number of halogens is 1. The average molecular weight is 484 g/mol. The van der Waals surface area contributed by atoms with Gasteiger partial charge in [-0.05, 0) is 49.2 Å². The van der Waals surface area contributed by atoms with Crippen LogP contribution < -0.4 is 0 Å². The zero-order valence-corrected chi connectivity index (χ0v) is 20.0. The molecule has 0 radical (unpaired) electrons. The van der Waals surface area contributed by atoms with Gasteiger partial charge in [-0.3, -0.25) is 9.59 Å². The van der Waals surface area contributed by atoms with Gasteiger partial charge in [0.2, 0.25) is 5.91 Å². The van der Waals surface area contributed by atoms with Gasteiger partial charge in [-0.2, -0.15) is 0 Å². The topological polar surface area (TPSA) is 46.6 Å². The van der Waals surface area contributed by atoms with Gasteiger partial charge in [0.25, 0.3) is 0 Å². The van der Waals surface area contributed by atoms with Gasteiger partial charge in [-0.25, -0.2) is 0 Å². The third kappa shape index (κ3) is 5.27. The van der Waals surface area contributed by atoms with E-state index < -0.39 is 17.0 Å². The second kappa shape index (κ2) is 9.39. The van der Waals surface area contributed by atoms with Crippen LogP contribution in [0.15, 0.2) is 71.7 Å². The number of carbonyl (C=O) groups excluding carboxylic acids is 2. The number of ether oxygens (including phenoxy) is 1. The third-order valence-electron chi connectivity index (χ3n) is 5.50. The minimum Gasteiger partial charge on any atom is -0.459 e. The predicted molar refractivity (Wildman–Crippen MR) is 127 cm³/mol. The lowest BCUT2D eigenvalue weighted by Gasteiger charge is -2.44. The number of nitrogens with zero attached hydrogens (tertiary/aromatic N) is 1. The summed E-state index contributed by atoms with van der Waals surface area (Å²) in [5.74, 6) is -0.679. The molecule has 0 aliphatic carbocycles. The summed E-state index contributed by atoms with van der Waals surface area (Å²) in [6.45, 7) is 9.98. The van der Waals surface area contributed by atoms with E-state index in [1.165, 1.54) is 0 Å². The number of esters is 1. The van der Waals surface area contributed by atoms with E-state index in [4.69, 9.17) is 4.74 Å². The van der Waals surface area contributed by atoms with Crippen LogP contribution in [0.4, 0.5) is 0 Å². The zero-order valence-electron chi connectivity index (χ0n) is 18.4. The highest BCUT2D eigenvalue weighted by atomic mass is 79.9. The number of allylic oxidation sites excluding steroid dienone is 1. The van der Waals surface area contributed by atoms with Gasteiger partial charge < -0.3 is 9.64 Å². The average Bonchev–Trinajstić information content (AvgIpc) is 2.71. The Hall–Kier alpha value is -2.40. The van der Waals surface area contributed by atoms with Gasteiger partial charge in [0, 0.05) is 13.0 Å². The summed E-state index contributed by atoms with van der Waals surface area (Å²) in [6, 6.07) is 19.6. The maximum atomic E-state index is 14.1. The highest BCUT2D eigenvalue weighted by Gasteiger charge is 2.53. The molecule has 0 saturated carbocycles. The predicted octanol–water partition coefficient (Wildman–Crippen LogP) is 6.03. The van der Waals surface area contributed by atoms with E-state index in [-0.39, 0.29) is 18.4 Å². The molecule has 31 heavy (non-hydrogen) atoms. The molecule has 0 spiro atoms. The first-order chi connectivity index (χ1) is 14.6. The molecular weight excluding hydrogens is 454 g/mol. The molecule has 1 heterocycles. The molecule has 1 aliphatic heterocycles. The molecule has 2 aromatic rings. The minimum atomic E-state index is -1.28. The van der Waals surface area contributed by atoms with Crippen molar-refractivity contribution < 1.29 is 14.3 Å². The van der Waals surface area contributed by atoms with Gasteiger partial charge in [0.1, 0.15) is 5.60 Å². The Balaban J connectivity index is 2.08. The molecule has 1 aliphatic rings. The third-order valence-corrected chi connectivity index (χ3v) is 5.78. The van der Waals surface area contributed by atoms with Crippen LogP contribution in [0.5, 0.6) is 0 Å². The van der Waals surface area contributed by atoms with Crippen LogP contribution in [-0.4, -0.2) is 28.9 Å². The molecule has 0 aromatic heterocycles. The zero-order chi connectivity index (χ0) is 22.6. The number of rotatable bonds is 6. The number of hydrogen-bond acceptors (Lipinski definition) is 3. The van der Waals surface area contributed by atoms with Crippen LogP contribution >= 0.6 is 15.9 Å². The van der Waals surface area contributed by atoms with E-state index in [2.05, 4.69) is 22.5 Å². The van der Waals surface area contributed by atoms with Crippen LogP contribution in [0.1, 0.15) is 57.2 Å². The van der Waals surface area contributed by atoms with E-state index in [1.54, 1.807) is 0 Å². The number of hydrogen-bond donors (Lipinski definition) is 0. The van der Waals surface area contributed by atoms with Crippen LogP contribution in [-0.2, 0) is 14.3 Å². The fourth-order valence-electron chi connectivity index (χ4n) is 4.23. The van der Waals surface area contributed by atoms with Crippen molar-refractivity contribution in [1.29, 1.82) is 0 Å². The number of amides is 1. The Kier molecular flexibility index (Phi) is 7.05. The van der Waals surface area contributed by atoms with Gasteiger partial charge >= 0.3 is 5.97 Å². The first-order valence-corrected chi connectivity index (χ1v) is 11.4. The molecule has 1 fully saturated rings. The Bertz CT molecular complexity index is 897. The van der Waals surface area contributed by atoms with Crippen molar-refractivity contribution in [3.05, 3.63) is 82.9 Å². The van der Waals surface area contributed by atoms with Crippen molar-refractivity contribution in [2.75, 3.05) is 6.54 Å². The van der Waals surface area contributed by atoms with Gasteiger partial charge in [0.05, 0.1) is 6.04 Å². The molecule has 0 N–H and O–H groups in total. The first kappa shape index (κ1) is 23.3. The molecule has 1 atom stereocenters. The fraction of sp³-hybridized carbons (Fsp3) is 0.385. The second-order valence-corrected chi connectivity index (χ2v) is 10.2. The van der Waals surface area contributed by atoms with Crippen molar-refractivity contribution in [3.63, 3.8) is 0 Å². The molecule has 0 bridgehead atoms. The maximum Gasteiger partial charge on any atom is 0.322 e. The van der Waals surface area contributed by atoms with E-state index in [9.17, 15) is 9.59 Å². The highest BCUT2D eigenvalue weighted by Crippen LogP contribution is 2.44. The van der Waals surface area contributed by atoms with Gasteiger partial charge in [-0.15, -0.1) is 0 Å². The molecule has 2 aromatic carbocycles. The van der Waals surface area contributed by atoms with Crippen LogP contribution in [0.3, 0.4) is 0 Å². The van der Waals surface area contributed by atoms with Crippen LogP contribution in [0.25, 0.3) is 0 Å². The van der Waals surface area contributed by atoms with E-state index in [0.29, 0.717) is 23.9 Å². The van der Waals surface area contributed by atoms with Crippen molar-refractivity contribution >= 4 is 27.8 Å². The van der Waals surface area contributed by atoms with E-state index in [1.807, 2.05) is 86.3 Å². The van der Waals surface area contributed by atoms with Crippen molar-refractivity contribution in [1.82, 2.24) is 4.90 Å². The number of likely N-dealkylation sites (tertiary alicyclic amines) is 1. The standard InChI is InChI=1S/C26H30BrNO3/c1-19(27)18-26(24(30)31-25(2,3)4)16-11-17-28(23(26)29)22(20-12-7-5-8-13-20)21-14-9-6-10-15-21/h5-10,12-15,22H,1,11,16-18H2,2-4H3. The first-order valence-electron chi connectivity index (χ1n) is 10.6. The molecular formula is C26H30BrNO3. The van der Waals surface area contributed by atoms with Gasteiger partial charge in [0.15, 0.2) is 5.41 Å². The molecule has 4 nitrogen and oxygen atoms in total. The second-order valence-electron chi connectivity index (χ2n) is 9.10. The number of piperidine rings is 1. The summed E-state index contributed by atoms with van der Waals surface area (Å²) in [5.41, 5.74) is 0.0614. The summed E-state index contributed by atoms with van der Waals surface area (Å²) in [7, 11) is 0. The maximum absolute atomic E-state index is 14.1. The van der Waals surface area contributed by atoms with E-state index >= 15 is 0 Å². The highest BCUT2D eigenvalue weighted by molar-refractivity contribution is 9.11. The quantitative estimate of drug-likeness (QED) is 0.372. The lowest BCUT2D eigenvalue weighted by atomic mass is 9.75.